The van der Waals surface area contributed by atoms with E-state index in [-0.39, 0.29) is 30.9 Å². The van der Waals surface area contributed by atoms with Crippen molar-refractivity contribution in [3.8, 4) is 5.75 Å². The molecular formula is C19H20Cl2FNO3. The molecule has 0 saturated carbocycles. The number of carbonyl (C=O) groups excluding carboxylic acids is 1. The Bertz CT molecular complexity index is 785. The highest BCUT2D eigenvalue weighted by Crippen LogP contribution is 2.36. The average Bonchev–Trinajstić information content (AvgIpc) is 2.61. The molecule has 1 heterocycles. The predicted molar refractivity (Wildman–Crippen MR) is 101 cm³/mol. The maximum Gasteiger partial charge on any atom is 0.344 e. The smallest absolute Gasteiger partial charge is 0.344 e. The first-order valence-electron chi connectivity index (χ1n) is 8.18. The molecule has 0 radical (unpaired) electrons. The van der Waals surface area contributed by atoms with Crippen molar-refractivity contribution >= 4 is 30.0 Å². The van der Waals surface area contributed by atoms with Crippen molar-refractivity contribution in [2.75, 3.05) is 19.8 Å². The van der Waals surface area contributed by atoms with E-state index in [1.807, 2.05) is 6.07 Å². The molecule has 7 heteroatoms. The van der Waals surface area contributed by atoms with Crippen LogP contribution in [0.15, 0.2) is 36.4 Å². The number of esters is 1. The minimum absolute atomic E-state index is 0. The van der Waals surface area contributed by atoms with Crippen molar-refractivity contribution in [1.29, 1.82) is 0 Å². The third-order valence-electron chi connectivity index (χ3n) is 4.12. The number of hydrogen-bond acceptors (Lipinski definition) is 4. The normalized spacial score (nSPS) is 15.6. The second-order valence-electron chi connectivity index (χ2n) is 5.72. The van der Waals surface area contributed by atoms with Gasteiger partial charge in [-0.3, -0.25) is 0 Å². The lowest BCUT2D eigenvalue weighted by atomic mass is 9.89. The van der Waals surface area contributed by atoms with E-state index < -0.39 is 5.97 Å². The summed E-state index contributed by atoms with van der Waals surface area (Å²) in [5.41, 5.74) is 2.32. The minimum Gasteiger partial charge on any atom is -0.482 e. The van der Waals surface area contributed by atoms with E-state index in [0.29, 0.717) is 35.9 Å². The topological polar surface area (TPSA) is 47.6 Å². The molecule has 4 nitrogen and oxygen atoms in total. The number of nitrogens with one attached hydrogen (secondary N) is 1. The molecule has 1 aliphatic rings. The summed E-state index contributed by atoms with van der Waals surface area (Å²) in [6.45, 7) is 2.49. The average molecular weight is 400 g/mol. The summed E-state index contributed by atoms with van der Waals surface area (Å²) in [6.07, 6.45) is 0.623. The monoisotopic (exact) mass is 399 g/mol. The van der Waals surface area contributed by atoms with Crippen LogP contribution in [0.25, 0.3) is 0 Å². The van der Waals surface area contributed by atoms with Gasteiger partial charge in [0.25, 0.3) is 0 Å². The molecule has 0 spiro atoms. The first-order chi connectivity index (χ1) is 12.1. The van der Waals surface area contributed by atoms with Crippen molar-refractivity contribution < 1.29 is 18.7 Å². The third kappa shape index (κ3) is 4.47. The Hall–Kier alpha value is -1.82. The summed E-state index contributed by atoms with van der Waals surface area (Å²) in [4.78, 5) is 11.6. The van der Waals surface area contributed by atoms with E-state index in [4.69, 9.17) is 21.1 Å². The van der Waals surface area contributed by atoms with Gasteiger partial charge in [0.05, 0.1) is 12.6 Å². The highest BCUT2D eigenvalue weighted by atomic mass is 35.5. The lowest BCUT2D eigenvalue weighted by Crippen LogP contribution is -2.31. The van der Waals surface area contributed by atoms with Crippen LogP contribution in [0.4, 0.5) is 4.39 Å². The van der Waals surface area contributed by atoms with E-state index in [1.165, 1.54) is 6.07 Å². The van der Waals surface area contributed by atoms with E-state index >= 15 is 0 Å². The first kappa shape index (κ1) is 20.5. The Morgan fingerprint density at radius 3 is 2.88 bits per heavy atom. The lowest BCUT2D eigenvalue weighted by molar-refractivity contribution is -0.145. The van der Waals surface area contributed by atoms with Crippen LogP contribution in [0.1, 0.15) is 29.7 Å². The molecule has 0 amide bonds. The maximum absolute atomic E-state index is 14.1. The van der Waals surface area contributed by atoms with Gasteiger partial charge in [-0.15, -0.1) is 12.4 Å². The van der Waals surface area contributed by atoms with Crippen LogP contribution in [0.3, 0.4) is 0 Å². The van der Waals surface area contributed by atoms with Crippen molar-refractivity contribution in [3.05, 3.63) is 63.9 Å². The first-order valence-corrected chi connectivity index (χ1v) is 8.56. The number of rotatable bonds is 5. The van der Waals surface area contributed by atoms with Crippen LogP contribution < -0.4 is 10.1 Å². The zero-order valence-corrected chi connectivity index (χ0v) is 15.8. The number of halogens is 3. The summed E-state index contributed by atoms with van der Waals surface area (Å²) < 4.78 is 24.7. The predicted octanol–water partition coefficient (Wildman–Crippen LogP) is 4.08. The van der Waals surface area contributed by atoms with Gasteiger partial charge in [-0.2, -0.15) is 0 Å². The summed E-state index contributed by atoms with van der Waals surface area (Å²) in [5, 5.41) is 3.92. The number of hydrogen-bond donors (Lipinski definition) is 1. The molecule has 3 rings (SSSR count). The van der Waals surface area contributed by atoms with Crippen molar-refractivity contribution in [3.63, 3.8) is 0 Å². The number of ether oxygens (including phenoxy) is 2. The van der Waals surface area contributed by atoms with Crippen LogP contribution in [0.5, 0.6) is 5.75 Å². The molecule has 1 N–H and O–H groups in total. The summed E-state index contributed by atoms with van der Waals surface area (Å²) in [5.74, 6) is -0.126. The molecule has 0 fully saturated rings. The van der Waals surface area contributed by atoms with Gasteiger partial charge in [0.2, 0.25) is 0 Å². The Kier molecular flexibility index (Phi) is 7.26. The number of fused-ring (bicyclic) bond motifs is 1. The van der Waals surface area contributed by atoms with E-state index in [1.54, 1.807) is 31.2 Å². The van der Waals surface area contributed by atoms with E-state index in [0.717, 1.165) is 11.1 Å². The Labute approximate surface area is 163 Å². The Balaban J connectivity index is 0.00000243. The van der Waals surface area contributed by atoms with Gasteiger partial charge in [0.15, 0.2) is 6.61 Å². The fourth-order valence-electron chi connectivity index (χ4n) is 3.05. The molecule has 26 heavy (non-hydrogen) atoms. The summed E-state index contributed by atoms with van der Waals surface area (Å²) in [7, 11) is 0. The van der Waals surface area contributed by atoms with Crippen molar-refractivity contribution in [2.24, 2.45) is 0 Å². The van der Waals surface area contributed by atoms with Crippen molar-refractivity contribution in [2.45, 2.75) is 19.4 Å². The zero-order valence-electron chi connectivity index (χ0n) is 14.3. The molecule has 0 aromatic heterocycles. The second kappa shape index (κ2) is 9.21. The van der Waals surface area contributed by atoms with Crippen LogP contribution >= 0.6 is 24.0 Å². The van der Waals surface area contributed by atoms with Crippen molar-refractivity contribution in [1.82, 2.24) is 5.32 Å². The molecule has 0 saturated heterocycles. The van der Waals surface area contributed by atoms with Crippen LogP contribution in [0.2, 0.25) is 5.02 Å². The van der Waals surface area contributed by atoms with Crippen LogP contribution in [-0.2, 0) is 16.0 Å². The molecule has 1 aliphatic heterocycles. The van der Waals surface area contributed by atoms with Gasteiger partial charge < -0.3 is 14.8 Å². The third-order valence-corrected chi connectivity index (χ3v) is 4.36. The SMILES string of the molecule is CCOC(=O)COc1ccc(Cl)cc1[C@H]1NCCc2c(F)cccc21.Cl. The maximum atomic E-state index is 14.1. The highest BCUT2D eigenvalue weighted by molar-refractivity contribution is 6.30. The van der Waals surface area contributed by atoms with Gasteiger partial charge in [-0.05, 0) is 48.7 Å². The molecule has 140 valence electrons. The van der Waals surface area contributed by atoms with Crippen LogP contribution in [-0.4, -0.2) is 25.7 Å². The van der Waals surface area contributed by atoms with E-state index in [2.05, 4.69) is 5.32 Å². The van der Waals surface area contributed by atoms with Gasteiger partial charge in [-0.1, -0.05) is 23.7 Å². The molecule has 2 aromatic rings. The number of benzene rings is 2. The molecule has 0 aliphatic carbocycles. The standard InChI is InChI=1S/C19H19ClFNO3.ClH/c1-2-24-18(23)11-25-17-7-6-12(20)10-15(17)19-14-4-3-5-16(21)13(14)8-9-22-19;/h3-7,10,19,22H,2,8-9,11H2,1H3;1H/t19-;/m0./s1. The fourth-order valence-corrected chi connectivity index (χ4v) is 3.23. The van der Waals surface area contributed by atoms with Gasteiger partial charge >= 0.3 is 5.97 Å². The summed E-state index contributed by atoms with van der Waals surface area (Å²) in [6, 6.07) is 9.99. The molecule has 0 bridgehead atoms. The minimum atomic E-state index is -0.438. The lowest BCUT2D eigenvalue weighted by Gasteiger charge is -2.29. The molecule has 0 unspecified atom stereocenters. The van der Waals surface area contributed by atoms with Gasteiger partial charge in [0.1, 0.15) is 11.6 Å². The van der Waals surface area contributed by atoms with E-state index in [9.17, 15) is 9.18 Å². The molecular weight excluding hydrogens is 380 g/mol. The zero-order chi connectivity index (χ0) is 17.8. The Morgan fingerprint density at radius 2 is 2.12 bits per heavy atom. The highest BCUT2D eigenvalue weighted by Gasteiger charge is 2.26. The quantitative estimate of drug-likeness (QED) is 0.769. The molecule has 2 aromatic carbocycles. The van der Waals surface area contributed by atoms with Gasteiger partial charge in [0, 0.05) is 17.1 Å². The van der Waals surface area contributed by atoms with Crippen LogP contribution in [0, 0.1) is 5.82 Å². The second-order valence-corrected chi connectivity index (χ2v) is 6.16. The molecule has 1 atom stereocenters. The fraction of sp³-hybridized carbons (Fsp3) is 0.316. The number of carbonyl (C=O) groups is 1. The van der Waals surface area contributed by atoms with Gasteiger partial charge in [-0.25, -0.2) is 9.18 Å². The summed E-state index contributed by atoms with van der Waals surface area (Å²) >= 11 is 6.16. The Morgan fingerprint density at radius 1 is 1.31 bits per heavy atom. The largest absolute Gasteiger partial charge is 0.482 e.